The molecule has 0 spiro atoms. The lowest BCUT2D eigenvalue weighted by Crippen LogP contribution is -2.24. The van der Waals surface area contributed by atoms with Gasteiger partial charge in [-0.25, -0.2) is 4.79 Å². The Balaban J connectivity index is 2.15. The van der Waals surface area contributed by atoms with Crippen molar-refractivity contribution < 1.29 is 19.4 Å². The number of hydrogen-bond donors (Lipinski definition) is 1. The van der Waals surface area contributed by atoms with Gasteiger partial charge in [-0.15, -0.1) is 0 Å². The van der Waals surface area contributed by atoms with Gasteiger partial charge in [0, 0.05) is 6.42 Å². The van der Waals surface area contributed by atoms with E-state index < -0.39 is 24.0 Å². The van der Waals surface area contributed by atoms with E-state index in [1.807, 2.05) is 13.8 Å². The van der Waals surface area contributed by atoms with Gasteiger partial charge in [-0.05, 0) is 20.3 Å². The Bertz CT molecular complexity index is 225. The molecular formula is C11H20O4. The fourth-order valence-electron chi connectivity index (χ4n) is 1.43. The average Bonchev–Trinajstić information content (AvgIpc) is 2.76. The first-order valence-corrected chi connectivity index (χ1v) is 5.53. The Morgan fingerprint density at radius 1 is 1.53 bits per heavy atom. The molecule has 0 bridgehead atoms. The van der Waals surface area contributed by atoms with Crippen LogP contribution in [-0.4, -0.2) is 29.1 Å². The van der Waals surface area contributed by atoms with Gasteiger partial charge in [0.1, 0.15) is 5.60 Å². The average molecular weight is 216 g/mol. The maximum absolute atomic E-state index is 11.4. The molecule has 1 rings (SSSR count). The third kappa shape index (κ3) is 3.80. The van der Waals surface area contributed by atoms with Crippen LogP contribution in [0.1, 0.15) is 46.5 Å². The molecule has 88 valence electrons. The highest BCUT2D eigenvalue weighted by Gasteiger charge is 2.54. The van der Waals surface area contributed by atoms with Gasteiger partial charge in [-0.1, -0.05) is 19.8 Å². The molecule has 1 aliphatic rings. The molecule has 0 aliphatic carbocycles. The van der Waals surface area contributed by atoms with Gasteiger partial charge in [-0.2, -0.15) is 0 Å². The molecule has 0 aromatic rings. The van der Waals surface area contributed by atoms with Crippen LogP contribution in [0.5, 0.6) is 0 Å². The van der Waals surface area contributed by atoms with Crippen molar-refractivity contribution in [3.05, 3.63) is 0 Å². The summed E-state index contributed by atoms with van der Waals surface area (Å²) in [7, 11) is 0. The van der Waals surface area contributed by atoms with E-state index in [0.29, 0.717) is 6.42 Å². The van der Waals surface area contributed by atoms with E-state index in [1.165, 1.54) is 0 Å². The first-order valence-electron chi connectivity index (χ1n) is 5.53. The second kappa shape index (κ2) is 4.94. The fourth-order valence-corrected chi connectivity index (χ4v) is 1.43. The molecule has 1 fully saturated rings. The number of carbonyl (C=O) groups excluding carboxylic acids is 1. The Morgan fingerprint density at radius 3 is 2.60 bits per heavy atom. The van der Waals surface area contributed by atoms with Crippen molar-refractivity contribution >= 4 is 5.97 Å². The summed E-state index contributed by atoms with van der Waals surface area (Å²) in [6, 6.07) is 0. The molecule has 1 aliphatic heterocycles. The smallest absolute Gasteiger partial charge is 0.340 e. The molecule has 0 amide bonds. The number of ether oxygens (including phenoxy) is 2. The molecule has 0 saturated carbocycles. The SMILES string of the molecule is CCCCCC(O)OC(=O)C1OC1(C)C. The van der Waals surface area contributed by atoms with Crippen molar-refractivity contribution in [2.24, 2.45) is 0 Å². The van der Waals surface area contributed by atoms with E-state index in [2.05, 4.69) is 6.92 Å². The lowest BCUT2D eigenvalue weighted by molar-refractivity contribution is -0.170. The molecule has 4 heteroatoms. The van der Waals surface area contributed by atoms with Crippen molar-refractivity contribution in [1.82, 2.24) is 0 Å². The molecule has 2 atom stereocenters. The molecule has 0 aromatic carbocycles. The maximum atomic E-state index is 11.4. The summed E-state index contributed by atoms with van der Waals surface area (Å²) in [5.74, 6) is -0.455. The van der Waals surface area contributed by atoms with E-state index in [4.69, 9.17) is 9.47 Å². The first kappa shape index (κ1) is 12.5. The van der Waals surface area contributed by atoms with Gasteiger partial charge < -0.3 is 14.6 Å². The van der Waals surface area contributed by atoms with Crippen molar-refractivity contribution in [3.8, 4) is 0 Å². The van der Waals surface area contributed by atoms with Crippen molar-refractivity contribution in [2.45, 2.75) is 64.4 Å². The fraction of sp³-hybridized carbons (Fsp3) is 0.909. The van der Waals surface area contributed by atoms with E-state index >= 15 is 0 Å². The van der Waals surface area contributed by atoms with Gasteiger partial charge in [0.05, 0.1) is 0 Å². The van der Waals surface area contributed by atoms with Gasteiger partial charge in [0.15, 0.2) is 6.10 Å². The minimum Gasteiger partial charge on any atom is -0.434 e. The molecule has 2 unspecified atom stereocenters. The lowest BCUT2D eigenvalue weighted by atomic mass is 10.1. The number of rotatable bonds is 6. The first-order chi connectivity index (χ1) is 6.97. The topological polar surface area (TPSA) is 59.1 Å². The monoisotopic (exact) mass is 216 g/mol. The Hall–Kier alpha value is -0.610. The molecule has 4 nitrogen and oxygen atoms in total. The summed E-state index contributed by atoms with van der Waals surface area (Å²) in [5, 5.41) is 9.39. The van der Waals surface area contributed by atoms with Crippen LogP contribution in [0.3, 0.4) is 0 Å². The van der Waals surface area contributed by atoms with Crippen molar-refractivity contribution in [1.29, 1.82) is 0 Å². The molecule has 15 heavy (non-hydrogen) atoms. The molecule has 1 heterocycles. The van der Waals surface area contributed by atoms with Crippen molar-refractivity contribution in [2.75, 3.05) is 0 Å². The van der Waals surface area contributed by atoms with Crippen LogP contribution >= 0.6 is 0 Å². The number of esters is 1. The zero-order chi connectivity index (χ0) is 11.5. The van der Waals surface area contributed by atoms with Crippen LogP contribution in [0.15, 0.2) is 0 Å². The van der Waals surface area contributed by atoms with Gasteiger partial charge in [0.2, 0.25) is 6.29 Å². The predicted octanol–water partition coefficient (Wildman–Crippen LogP) is 1.61. The quantitative estimate of drug-likeness (QED) is 0.317. The van der Waals surface area contributed by atoms with E-state index in [1.54, 1.807) is 0 Å². The molecule has 1 saturated heterocycles. The minimum absolute atomic E-state index is 0.416. The summed E-state index contributed by atoms with van der Waals surface area (Å²) in [5.41, 5.74) is -0.416. The van der Waals surface area contributed by atoms with E-state index in [9.17, 15) is 9.90 Å². The van der Waals surface area contributed by atoms with E-state index in [-0.39, 0.29) is 0 Å². The van der Waals surface area contributed by atoms with Crippen molar-refractivity contribution in [3.63, 3.8) is 0 Å². The van der Waals surface area contributed by atoms with Gasteiger partial charge in [0.25, 0.3) is 0 Å². The number of epoxide rings is 1. The molecule has 0 radical (unpaired) electrons. The summed E-state index contributed by atoms with van der Waals surface area (Å²) < 4.78 is 9.96. The normalized spacial score (nSPS) is 24.7. The second-order valence-corrected chi connectivity index (χ2v) is 4.49. The van der Waals surface area contributed by atoms with Crippen LogP contribution in [-0.2, 0) is 14.3 Å². The van der Waals surface area contributed by atoms with Crippen LogP contribution in [0.25, 0.3) is 0 Å². The van der Waals surface area contributed by atoms with Crippen LogP contribution in [0, 0.1) is 0 Å². The number of carbonyl (C=O) groups is 1. The minimum atomic E-state index is -0.982. The largest absolute Gasteiger partial charge is 0.434 e. The molecule has 0 aromatic heterocycles. The standard InChI is InChI=1S/C11H20O4/c1-4-5-6-7-8(12)14-10(13)9-11(2,3)15-9/h8-9,12H,4-7H2,1-3H3. The Kier molecular flexibility index (Phi) is 4.11. The summed E-state index contributed by atoms with van der Waals surface area (Å²) in [6.07, 6.45) is 2.02. The summed E-state index contributed by atoms with van der Waals surface area (Å²) in [6.45, 7) is 5.73. The zero-order valence-corrected chi connectivity index (χ0v) is 9.66. The van der Waals surface area contributed by atoms with E-state index in [0.717, 1.165) is 19.3 Å². The predicted molar refractivity (Wildman–Crippen MR) is 55.2 cm³/mol. The highest BCUT2D eigenvalue weighted by molar-refractivity contribution is 5.79. The Labute approximate surface area is 90.6 Å². The summed E-state index contributed by atoms with van der Waals surface area (Å²) in [4.78, 5) is 11.4. The highest BCUT2D eigenvalue weighted by atomic mass is 16.7. The number of unbranched alkanes of at least 4 members (excludes halogenated alkanes) is 2. The molecular weight excluding hydrogens is 196 g/mol. The maximum Gasteiger partial charge on any atom is 0.340 e. The zero-order valence-electron chi connectivity index (χ0n) is 9.66. The number of aliphatic hydroxyl groups excluding tert-OH is 1. The number of hydrogen-bond acceptors (Lipinski definition) is 4. The lowest BCUT2D eigenvalue weighted by Gasteiger charge is -2.10. The molecule has 1 N–H and O–H groups in total. The Morgan fingerprint density at radius 2 is 2.13 bits per heavy atom. The van der Waals surface area contributed by atoms with Gasteiger partial charge >= 0.3 is 5.97 Å². The third-order valence-corrected chi connectivity index (χ3v) is 2.52. The third-order valence-electron chi connectivity index (χ3n) is 2.52. The van der Waals surface area contributed by atoms with Crippen LogP contribution < -0.4 is 0 Å². The second-order valence-electron chi connectivity index (χ2n) is 4.49. The number of aliphatic hydroxyl groups is 1. The van der Waals surface area contributed by atoms with Gasteiger partial charge in [-0.3, -0.25) is 0 Å². The van der Waals surface area contributed by atoms with Crippen LogP contribution in [0.4, 0.5) is 0 Å². The highest BCUT2D eigenvalue weighted by Crippen LogP contribution is 2.36. The van der Waals surface area contributed by atoms with Crippen LogP contribution in [0.2, 0.25) is 0 Å². The summed E-state index contributed by atoms with van der Waals surface area (Å²) >= 11 is 0.